The molecule has 6 nitrogen and oxygen atoms in total. The van der Waals surface area contributed by atoms with Gasteiger partial charge in [0.25, 0.3) is 5.91 Å². The Morgan fingerprint density at radius 3 is 2.79 bits per heavy atom. The summed E-state index contributed by atoms with van der Waals surface area (Å²) in [4.78, 5) is 28.3. The second-order valence-corrected chi connectivity index (χ2v) is 7.34. The van der Waals surface area contributed by atoms with Crippen LogP contribution in [0, 0.1) is 6.92 Å². The van der Waals surface area contributed by atoms with Gasteiger partial charge in [-0.3, -0.25) is 14.6 Å². The van der Waals surface area contributed by atoms with Gasteiger partial charge in [-0.25, -0.2) is 0 Å². The van der Waals surface area contributed by atoms with E-state index >= 15 is 0 Å². The van der Waals surface area contributed by atoms with Gasteiger partial charge in [-0.2, -0.15) is 0 Å². The summed E-state index contributed by atoms with van der Waals surface area (Å²) in [5.74, 6) is -0.288. The Kier molecular flexibility index (Phi) is 6.49. The summed E-state index contributed by atoms with van der Waals surface area (Å²) in [7, 11) is 0. The fourth-order valence-corrected chi connectivity index (χ4v) is 3.25. The van der Waals surface area contributed by atoms with Crippen LogP contribution in [0.5, 0.6) is 5.75 Å². The quantitative estimate of drug-likeness (QED) is 0.578. The van der Waals surface area contributed by atoms with Crippen molar-refractivity contribution in [2.75, 3.05) is 18.5 Å². The number of benzene rings is 2. The van der Waals surface area contributed by atoms with E-state index in [2.05, 4.69) is 31.5 Å². The minimum absolute atomic E-state index is 0.155. The number of nitrogens with zero attached hydrogens (tertiary/aromatic N) is 1. The van der Waals surface area contributed by atoms with Crippen LogP contribution in [0.3, 0.4) is 0 Å². The van der Waals surface area contributed by atoms with E-state index in [1.165, 1.54) is 0 Å². The van der Waals surface area contributed by atoms with E-state index in [0.29, 0.717) is 22.0 Å². The van der Waals surface area contributed by atoms with E-state index in [-0.39, 0.29) is 19.1 Å². The molecule has 2 N–H and O–H groups in total. The Balaban J connectivity index is 1.52. The smallest absolute Gasteiger partial charge is 0.258 e. The minimum atomic E-state index is -0.415. The highest BCUT2D eigenvalue weighted by molar-refractivity contribution is 9.10. The summed E-state index contributed by atoms with van der Waals surface area (Å²) in [5.41, 5.74) is 2.18. The van der Waals surface area contributed by atoms with E-state index in [9.17, 15) is 9.59 Å². The molecule has 0 bridgehead atoms. The third-order valence-electron chi connectivity index (χ3n) is 3.95. The lowest BCUT2D eigenvalue weighted by Gasteiger charge is -2.11. The van der Waals surface area contributed by atoms with Gasteiger partial charge in [-0.05, 0) is 55.0 Å². The minimum Gasteiger partial charge on any atom is -0.481 e. The molecule has 1 heterocycles. The summed E-state index contributed by atoms with van der Waals surface area (Å²) >= 11 is 9.51. The van der Waals surface area contributed by atoms with Gasteiger partial charge in [0.05, 0.1) is 11.6 Å². The van der Waals surface area contributed by atoms with Crippen LogP contribution in [0.25, 0.3) is 10.9 Å². The van der Waals surface area contributed by atoms with Crippen LogP contribution in [0.1, 0.15) is 5.56 Å². The SMILES string of the molecule is Cc1cc(Br)ccc1NC(=O)CNC(=O)COc1ccc(Cl)c2cccnc12. The maximum absolute atomic E-state index is 12.0. The molecule has 1 aromatic heterocycles. The number of carbonyl (C=O) groups excluding carboxylic acids is 2. The highest BCUT2D eigenvalue weighted by Crippen LogP contribution is 2.29. The predicted molar refractivity (Wildman–Crippen MR) is 113 cm³/mol. The van der Waals surface area contributed by atoms with Gasteiger partial charge in [0.15, 0.2) is 6.61 Å². The standard InChI is InChI=1S/C20H17BrClN3O3/c1-12-9-13(21)4-6-16(12)25-18(26)10-24-19(27)11-28-17-7-5-15(22)14-3-2-8-23-20(14)17/h2-9H,10-11H2,1H3,(H,24,27)(H,25,26). The van der Waals surface area contributed by atoms with Crippen LogP contribution in [0.15, 0.2) is 53.1 Å². The third kappa shape index (κ3) is 4.99. The van der Waals surface area contributed by atoms with Gasteiger partial charge in [0, 0.05) is 21.7 Å². The maximum atomic E-state index is 12.0. The summed E-state index contributed by atoms with van der Waals surface area (Å²) in [5, 5.41) is 6.59. The van der Waals surface area contributed by atoms with Gasteiger partial charge in [0.2, 0.25) is 5.91 Å². The van der Waals surface area contributed by atoms with Gasteiger partial charge in [0.1, 0.15) is 11.3 Å². The van der Waals surface area contributed by atoms with E-state index in [1.54, 1.807) is 30.5 Å². The number of aryl methyl sites for hydroxylation is 1. The van der Waals surface area contributed by atoms with Gasteiger partial charge < -0.3 is 15.4 Å². The largest absolute Gasteiger partial charge is 0.481 e. The Bertz CT molecular complexity index is 1040. The van der Waals surface area contributed by atoms with Crippen molar-refractivity contribution in [1.29, 1.82) is 0 Å². The Morgan fingerprint density at radius 2 is 2.00 bits per heavy atom. The molecule has 3 rings (SSSR count). The van der Waals surface area contributed by atoms with Crippen molar-refractivity contribution < 1.29 is 14.3 Å². The van der Waals surface area contributed by atoms with Crippen LogP contribution >= 0.6 is 27.5 Å². The molecule has 2 aromatic carbocycles. The van der Waals surface area contributed by atoms with Crippen molar-refractivity contribution in [2.45, 2.75) is 6.92 Å². The first-order valence-electron chi connectivity index (χ1n) is 8.43. The lowest BCUT2D eigenvalue weighted by atomic mass is 10.2. The van der Waals surface area contributed by atoms with E-state index in [1.807, 2.05) is 25.1 Å². The first-order chi connectivity index (χ1) is 13.4. The molecule has 0 unspecified atom stereocenters. The topological polar surface area (TPSA) is 80.3 Å². The van der Waals surface area contributed by atoms with Crippen molar-refractivity contribution in [1.82, 2.24) is 10.3 Å². The zero-order valence-electron chi connectivity index (χ0n) is 15.0. The lowest BCUT2D eigenvalue weighted by Crippen LogP contribution is -2.35. The highest BCUT2D eigenvalue weighted by Gasteiger charge is 2.11. The summed E-state index contributed by atoms with van der Waals surface area (Å²) < 4.78 is 6.48. The van der Waals surface area contributed by atoms with Gasteiger partial charge >= 0.3 is 0 Å². The van der Waals surface area contributed by atoms with E-state index in [4.69, 9.17) is 16.3 Å². The third-order valence-corrected chi connectivity index (χ3v) is 4.77. The number of carbonyl (C=O) groups is 2. The molecule has 8 heteroatoms. The monoisotopic (exact) mass is 461 g/mol. The number of halogens is 2. The molecule has 0 aliphatic rings. The first kappa shape index (κ1) is 20.1. The molecule has 0 atom stereocenters. The molecular formula is C20H17BrClN3O3. The number of hydrogen-bond acceptors (Lipinski definition) is 4. The van der Waals surface area contributed by atoms with Crippen molar-refractivity contribution >= 4 is 55.9 Å². The number of ether oxygens (including phenoxy) is 1. The number of pyridine rings is 1. The molecule has 0 aliphatic carbocycles. The molecular weight excluding hydrogens is 446 g/mol. The predicted octanol–water partition coefficient (Wildman–Crippen LogP) is 4.09. The van der Waals surface area contributed by atoms with Crippen molar-refractivity contribution in [3.05, 3.63) is 63.7 Å². The Labute approximate surface area is 175 Å². The lowest BCUT2D eigenvalue weighted by molar-refractivity contribution is -0.125. The van der Waals surface area contributed by atoms with Gasteiger partial charge in [-0.1, -0.05) is 27.5 Å². The number of fused-ring (bicyclic) bond motifs is 1. The van der Waals surface area contributed by atoms with Crippen molar-refractivity contribution in [3.63, 3.8) is 0 Å². The zero-order valence-corrected chi connectivity index (χ0v) is 17.3. The maximum Gasteiger partial charge on any atom is 0.258 e. The molecule has 0 spiro atoms. The fourth-order valence-electron chi connectivity index (χ4n) is 2.56. The van der Waals surface area contributed by atoms with Crippen LogP contribution in [0.2, 0.25) is 5.02 Å². The van der Waals surface area contributed by atoms with Crippen LogP contribution in [-0.2, 0) is 9.59 Å². The molecule has 28 heavy (non-hydrogen) atoms. The second kappa shape index (κ2) is 9.03. The number of rotatable bonds is 6. The summed E-state index contributed by atoms with van der Waals surface area (Å²) in [6.45, 7) is 1.49. The average Bonchev–Trinajstić information content (AvgIpc) is 2.68. The fraction of sp³-hybridized carbons (Fsp3) is 0.150. The molecule has 0 aliphatic heterocycles. The molecule has 0 saturated heterocycles. The van der Waals surface area contributed by atoms with E-state index in [0.717, 1.165) is 15.4 Å². The van der Waals surface area contributed by atoms with Crippen LogP contribution in [-0.4, -0.2) is 29.9 Å². The molecule has 3 aromatic rings. The summed E-state index contributed by atoms with van der Waals surface area (Å²) in [6, 6.07) is 12.5. The Hall–Kier alpha value is -2.64. The summed E-state index contributed by atoms with van der Waals surface area (Å²) in [6.07, 6.45) is 1.63. The number of anilines is 1. The molecule has 2 amide bonds. The van der Waals surface area contributed by atoms with E-state index < -0.39 is 5.91 Å². The normalized spacial score (nSPS) is 10.5. The average molecular weight is 463 g/mol. The van der Waals surface area contributed by atoms with Crippen LogP contribution < -0.4 is 15.4 Å². The number of amides is 2. The second-order valence-electron chi connectivity index (χ2n) is 6.02. The molecule has 0 saturated carbocycles. The molecule has 144 valence electrons. The highest BCUT2D eigenvalue weighted by atomic mass is 79.9. The first-order valence-corrected chi connectivity index (χ1v) is 9.60. The van der Waals surface area contributed by atoms with Crippen molar-refractivity contribution in [2.24, 2.45) is 0 Å². The van der Waals surface area contributed by atoms with Crippen molar-refractivity contribution in [3.8, 4) is 5.75 Å². The van der Waals surface area contributed by atoms with Gasteiger partial charge in [-0.15, -0.1) is 0 Å². The molecule has 0 fully saturated rings. The Morgan fingerprint density at radius 1 is 1.18 bits per heavy atom. The number of hydrogen-bond donors (Lipinski definition) is 2. The zero-order chi connectivity index (χ0) is 20.1. The molecule has 0 radical (unpaired) electrons. The number of nitrogens with one attached hydrogen (secondary N) is 2. The van der Waals surface area contributed by atoms with Crippen LogP contribution in [0.4, 0.5) is 5.69 Å². The number of aromatic nitrogens is 1.